The Bertz CT molecular complexity index is 917. The lowest BCUT2D eigenvalue weighted by Crippen LogP contribution is -2.36. The molecule has 1 fully saturated rings. The molecule has 0 aromatic heterocycles. The number of carbonyl (C=O) groups excluding carboxylic acids is 1. The van der Waals surface area contributed by atoms with Crippen LogP contribution in [0.1, 0.15) is 36.4 Å². The molecular formula is C24H30N2O5. The molecule has 2 aliphatic rings. The SMILES string of the molecule is COc1ccc(CNC(=O)CN2CCC[C@@H]2c2ccc3c(c2)OCCCO3)cc1OC. The number of methoxy groups -OCH3 is 2. The zero-order valence-corrected chi connectivity index (χ0v) is 18.2. The summed E-state index contributed by atoms with van der Waals surface area (Å²) in [6.07, 6.45) is 2.99. The molecule has 0 spiro atoms. The molecule has 1 amide bonds. The second kappa shape index (κ2) is 9.92. The summed E-state index contributed by atoms with van der Waals surface area (Å²) in [6.45, 7) is 3.07. The van der Waals surface area contributed by atoms with Crippen molar-refractivity contribution in [2.75, 3.05) is 40.5 Å². The maximum Gasteiger partial charge on any atom is 0.234 e. The molecule has 4 rings (SSSR count). The molecule has 0 bridgehead atoms. The third-order valence-electron chi connectivity index (χ3n) is 5.80. The number of amides is 1. The van der Waals surface area contributed by atoms with Crippen molar-refractivity contribution in [3.8, 4) is 23.0 Å². The Morgan fingerprint density at radius 2 is 1.84 bits per heavy atom. The van der Waals surface area contributed by atoms with E-state index in [1.807, 2.05) is 24.3 Å². The molecule has 1 atom stereocenters. The van der Waals surface area contributed by atoms with Gasteiger partial charge in [0, 0.05) is 19.0 Å². The minimum absolute atomic E-state index is 0.0102. The van der Waals surface area contributed by atoms with Crippen molar-refractivity contribution in [3.05, 3.63) is 47.5 Å². The third kappa shape index (κ3) is 5.05. The Labute approximate surface area is 183 Å². The quantitative estimate of drug-likeness (QED) is 0.733. The number of benzene rings is 2. The summed E-state index contributed by atoms with van der Waals surface area (Å²) >= 11 is 0. The van der Waals surface area contributed by atoms with Gasteiger partial charge in [-0.15, -0.1) is 0 Å². The lowest BCUT2D eigenvalue weighted by Gasteiger charge is -2.25. The standard InChI is InChI=1S/C24H30N2O5/c1-28-20-8-6-17(13-22(20)29-2)15-25-24(27)16-26-10-3-5-19(26)18-7-9-21-23(14-18)31-12-4-11-30-21/h6-9,13-14,19H,3-5,10-12,15-16H2,1-2H3,(H,25,27)/t19-/m1/s1. The van der Waals surface area contributed by atoms with Gasteiger partial charge in [-0.2, -0.15) is 0 Å². The van der Waals surface area contributed by atoms with E-state index in [0.717, 1.165) is 42.9 Å². The van der Waals surface area contributed by atoms with Crippen LogP contribution in [0.5, 0.6) is 23.0 Å². The summed E-state index contributed by atoms with van der Waals surface area (Å²) in [7, 11) is 3.21. The van der Waals surface area contributed by atoms with E-state index < -0.39 is 0 Å². The second-order valence-corrected chi connectivity index (χ2v) is 7.85. The van der Waals surface area contributed by atoms with Gasteiger partial charge in [-0.25, -0.2) is 0 Å². The Morgan fingerprint density at radius 3 is 2.65 bits per heavy atom. The van der Waals surface area contributed by atoms with E-state index in [1.54, 1.807) is 14.2 Å². The lowest BCUT2D eigenvalue weighted by molar-refractivity contribution is -0.122. The van der Waals surface area contributed by atoms with Gasteiger partial charge in [0.25, 0.3) is 0 Å². The van der Waals surface area contributed by atoms with Crippen molar-refractivity contribution >= 4 is 5.91 Å². The summed E-state index contributed by atoms with van der Waals surface area (Å²) in [4.78, 5) is 14.9. The first-order chi connectivity index (χ1) is 15.2. The third-order valence-corrected chi connectivity index (χ3v) is 5.80. The molecule has 2 aromatic rings. The molecule has 31 heavy (non-hydrogen) atoms. The van der Waals surface area contributed by atoms with E-state index in [2.05, 4.69) is 22.3 Å². The number of rotatable bonds is 7. The van der Waals surface area contributed by atoms with Crippen LogP contribution >= 0.6 is 0 Å². The van der Waals surface area contributed by atoms with Gasteiger partial charge in [-0.3, -0.25) is 9.69 Å². The molecule has 0 aliphatic carbocycles. The van der Waals surface area contributed by atoms with Crippen LogP contribution in [0.25, 0.3) is 0 Å². The Hall–Kier alpha value is -2.93. The van der Waals surface area contributed by atoms with Crippen molar-refractivity contribution in [1.29, 1.82) is 0 Å². The highest BCUT2D eigenvalue weighted by atomic mass is 16.5. The summed E-state index contributed by atoms with van der Waals surface area (Å²) in [5, 5.41) is 3.02. The fourth-order valence-corrected chi connectivity index (χ4v) is 4.21. The van der Waals surface area contributed by atoms with Crippen molar-refractivity contribution in [3.63, 3.8) is 0 Å². The second-order valence-electron chi connectivity index (χ2n) is 7.85. The van der Waals surface area contributed by atoms with Crippen LogP contribution in [-0.4, -0.2) is 51.3 Å². The Balaban J connectivity index is 1.36. The van der Waals surface area contributed by atoms with Gasteiger partial charge in [0.1, 0.15) is 0 Å². The van der Waals surface area contributed by atoms with Gasteiger partial charge in [0.05, 0.1) is 34.0 Å². The van der Waals surface area contributed by atoms with Crippen LogP contribution in [0.15, 0.2) is 36.4 Å². The van der Waals surface area contributed by atoms with Gasteiger partial charge in [0.2, 0.25) is 5.91 Å². The minimum atomic E-state index is 0.0102. The first kappa shape index (κ1) is 21.3. The average molecular weight is 427 g/mol. The highest BCUT2D eigenvalue weighted by Crippen LogP contribution is 2.37. The number of nitrogens with zero attached hydrogens (tertiary/aromatic N) is 1. The molecule has 0 saturated carbocycles. The first-order valence-electron chi connectivity index (χ1n) is 10.8. The fraction of sp³-hybridized carbons (Fsp3) is 0.458. The summed E-state index contributed by atoms with van der Waals surface area (Å²) in [5.74, 6) is 2.95. The zero-order chi connectivity index (χ0) is 21.6. The van der Waals surface area contributed by atoms with Crippen molar-refractivity contribution in [1.82, 2.24) is 10.2 Å². The number of likely N-dealkylation sites (tertiary alicyclic amines) is 1. The van der Waals surface area contributed by atoms with Gasteiger partial charge in [-0.05, 0) is 54.8 Å². The van der Waals surface area contributed by atoms with Crippen LogP contribution < -0.4 is 24.3 Å². The first-order valence-corrected chi connectivity index (χ1v) is 10.8. The lowest BCUT2D eigenvalue weighted by atomic mass is 10.0. The molecule has 7 heteroatoms. The summed E-state index contributed by atoms with van der Waals surface area (Å²) < 4.78 is 22.2. The van der Waals surface area contributed by atoms with Crippen molar-refractivity contribution in [2.45, 2.75) is 31.8 Å². The maximum absolute atomic E-state index is 12.7. The monoisotopic (exact) mass is 426 g/mol. The Morgan fingerprint density at radius 1 is 1.03 bits per heavy atom. The van der Waals surface area contributed by atoms with Crippen molar-refractivity contribution in [2.24, 2.45) is 0 Å². The molecule has 1 N–H and O–H groups in total. The normalized spacial score (nSPS) is 18.3. The number of ether oxygens (including phenoxy) is 4. The predicted octanol–water partition coefficient (Wildman–Crippen LogP) is 3.32. The van der Waals surface area contributed by atoms with E-state index in [-0.39, 0.29) is 11.9 Å². The largest absolute Gasteiger partial charge is 0.493 e. The fourth-order valence-electron chi connectivity index (χ4n) is 4.21. The van der Waals surface area contributed by atoms with Crippen molar-refractivity contribution < 1.29 is 23.7 Å². The molecule has 1 saturated heterocycles. The molecule has 0 radical (unpaired) electrons. The number of carbonyl (C=O) groups is 1. The number of hydrogen-bond donors (Lipinski definition) is 1. The van der Waals surface area contributed by atoms with E-state index in [4.69, 9.17) is 18.9 Å². The Kier molecular flexibility index (Phi) is 6.82. The molecule has 2 aliphatic heterocycles. The van der Waals surface area contributed by atoms with E-state index in [9.17, 15) is 4.79 Å². The van der Waals surface area contributed by atoms with Gasteiger partial charge < -0.3 is 24.3 Å². The van der Waals surface area contributed by atoms with E-state index >= 15 is 0 Å². The summed E-state index contributed by atoms with van der Waals surface area (Å²) in [5.41, 5.74) is 2.14. The number of hydrogen-bond acceptors (Lipinski definition) is 6. The van der Waals surface area contributed by atoms with E-state index in [0.29, 0.717) is 37.8 Å². The number of fused-ring (bicyclic) bond motifs is 1. The molecular weight excluding hydrogens is 396 g/mol. The highest BCUT2D eigenvalue weighted by Gasteiger charge is 2.28. The molecule has 0 unspecified atom stereocenters. The molecule has 2 heterocycles. The molecule has 166 valence electrons. The molecule has 2 aromatic carbocycles. The van der Waals surface area contributed by atoms with Gasteiger partial charge in [-0.1, -0.05) is 12.1 Å². The minimum Gasteiger partial charge on any atom is -0.493 e. The topological polar surface area (TPSA) is 69.3 Å². The van der Waals surface area contributed by atoms with E-state index in [1.165, 1.54) is 5.56 Å². The smallest absolute Gasteiger partial charge is 0.234 e. The zero-order valence-electron chi connectivity index (χ0n) is 18.2. The van der Waals surface area contributed by atoms with Crippen LogP contribution in [0.4, 0.5) is 0 Å². The molecule has 7 nitrogen and oxygen atoms in total. The average Bonchev–Trinajstić information content (AvgIpc) is 3.12. The van der Waals surface area contributed by atoms with Crippen LogP contribution in [-0.2, 0) is 11.3 Å². The predicted molar refractivity (Wildman–Crippen MR) is 117 cm³/mol. The summed E-state index contributed by atoms with van der Waals surface area (Å²) in [6, 6.07) is 12.0. The maximum atomic E-state index is 12.7. The highest BCUT2D eigenvalue weighted by molar-refractivity contribution is 5.78. The van der Waals surface area contributed by atoms with Gasteiger partial charge in [0.15, 0.2) is 23.0 Å². The van der Waals surface area contributed by atoms with Crippen LogP contribution in [0, 0.1) is 0 Å². The van der Waals surface area contributed by atoms with Crippen LogP contribution in [0.3, 0.4) is 0 Å². The van der Waals surface area contributed by atoms with Gasteiger partial charge >= 0.3 is 0 Å². The number of nitrogens with one attached hydrogen (secondary N) is 1. The van der Waals surface area contributed by atoms with Crippen LogP contribution in [0.2, 0.25) is 0 Å².